The summed E-state index contributed by atoms with van der Waals surface area (Å²) in [6.45, 7) is 5.25. The van der Waals surface area contributed by atoms with Gasteiger partial charge in [-0.3, -0.25) is 5.32 Å². The zero-order valence-corrected chi connectivity index (χ0v) is 11.2. The van der Waals surface area contributed by atoms with E-state index in [1.54, 1.807) is 26.8 Å². The molecule has 0 atom stereocenters. The van der Waals surface area contributed by atoms with E-state index in [4.69, 9.17) is 4.74 Å². The Morgan fingerprint density at radius 2 is 2.06 bits per heavy atom. The van der Waals surface area contributed by atoms with Crippen molar-refractivity contribution in [1.29, 1.82) is 0 Å². The molecule has 17 heavy (non-hydrogen) atoms. The largest absolute Gasteiger partial charge is 0.444 e. The van der Waals surface area contributed by atoms with Gasteiger partial charge in [-0.05, 0) is 45.2 Å². The second-order valence-corrected chi connectivity index (χ2v) is 5.35. The molecule has 1 rings (SSSR count). The first-order valence-electron chi connectivity index (χ1n) is 5.15. The molecule has 0 radical (unpaired) electrons. The van der Waals surface area contributed by atoms with Crippen molar-refractivity contribution in [2.75, 3.05) is 11.6 Å². The van der Waals surface area contributed by atoms with Crippen LogP contribution in [0.5, 0.6) is 0 Å². The van der Waals surface area contributed by atoms with Crippen LogP contribution in [0, 0.1) is 5.82 Å². The maximum Gasteiger partial charge on any atom is 0.412 e. The quantitative estimate of drug-likeness (QED) is 0.817. The minimum absolute atomic E-state index is 0.122. The van der Waals surface area contributed by atoms with Gasteiger partial charge in [0.25, 0.3) is 0 Å². The van der Waals surface area contributed by atoms with Gasteiger partial charge in [-0.1, -0.05) is 0 Å². The molecule has 1 aromatic carbocycles. The third kappa shape index (κ3) is 4.65. The average molecular weight is 257 g/mol. The SMILES string of the molecule is CSc1ccc(NC(=O)OC(C)(C)C)c(F)c1. The molecule has 1 amide bonds. The van der Waals surface area contributed by atoms with Gasteiger partial charge in [0.2, 0.25) is 0 Å². The fourth-order valence-electron chi connectivity index (χ4n) is 1.14. The van der Waals surface area contributed by atoms with Crippen molar-refractivity contribution in [2.45, 2.75) is 31.3 Å². The summed E-state index contributed by atoms with van der Waals surface area (Å²) >= 11 is 1.44. The number of rotatable bonds is 2. The molecule has 1 N–H and O–H groups in total. The zero-order chi connectivity index (χ0) is 13.1. The van der Waals surface area contributed by atoms with Gasteiger partial charge in [0.05, 0.1) is 5.69 Å². The van der Waals surface area contributed by atoms with Gasteiger partial charge >= 0.3 is 6.09 Å². The van der Waals surface area contributed by atoms with E-state index in [1.165, 1.54) is 23.9 Å². The number of thioether (sulfide) groups is 1. The number of anilines is 1. The molecule has 1 aromatic rings. The van der Waals surface area contributed by atoms with Crippen LogP contribution in [0.15, 0.2) is 23.1 Å². The summed E-state index contributed by atoms with van der Waals surface area (Å²) in [5, 5.41) is 2.37. The van der Waals surface area contributed by atoms with Crippen LogP contribution < -0.4 is 5.32 Å². The van der Waals surface area contributed by atoms with Gasteiger partial charge < -0.3 is 4.74 Å². The lowest BCUT2D eigenvalue weighted by atomic mass is 10.2. The minimum Gasteiger partial charge on any atom is -0.444 e. The third-order valence-electron chi connectivity index (χ3n) is 1.81. The first-order chi connectivity index (χ1) is 7.81. The molecule has 5 heteroatoms. The predicted octanol–water partition coefficient (Wildman–Crippen LogP) is 3.89. The Morgan fingerprint density at radius 1 is 1.41 bits per heavy atom. The maximum absolute atomic E-state index is 13.5. The van der Waals surface area contributed by atoms with E-state index < -0.39 is 17.5 Å². The zero-order valence-electron chi connectivity index (χ0n) is 10.3. The molecule has 3 nitrogen and oxygen atoms in total. The Hall–Kier alpha value is -1.23. The Balaban J connectivity index is 2.72. The van der Waals surface area contributed by atoms with Crippen LogP contribution in [-0.4, -0.2) is 18.0 Å². The van der Waals surface area contributed by atoms with Crippen LogP contribution in [0.3, 0.4) is 0 Å². The van der Waals surface area contributed by atoms with Crippen molar-refractivity contribution in [3.05, 3.63) is 24.0 Å². The highest BCUT2D eigenvalue weighted by Gasteiger charge is 2.17. The summed E-state index contributed by atoms with van der Waals surface area (Å²) in [7, 11) is 0. The number of carbonyl (C=O) groups is 1. The standard InChI is InChI=1S/C12H16FNO2S/c1-12(2,3)16-11(15)14-10-6-5-8(17-4)7-9(10)13/h5-7H,1-4H3,(H,14,15). The Labute approximate surface area is 105 Å². The lowest BCUT2D eigenvalue weighted by Gasteiger charge is -2.19. The topological polar surface area (TPSA) is 38.3 Å². The summed E-state index contributed by atoms with van der Waals surface area (Å²) in [4.78, 5) is 12.2. The fourth-order valence-corrected chi connectivity index (χ4v) is 1.56. The van der Waals surface area contributed by atoms with Crippen LogP contribution in [0.4, 0.5) is 14.9 Å². The Morgan fingerprint density at radius 3 is 2.53 bits per heavy atom. The highest BCUT2D eigenvalue weighted by molar-refractivity contribution is 7.98. The first-order valence-corrected chi connectivity index (χ1v) is 6.38. The van der Waals surface area contributed by atoms with Gasteiger partial charge in [0.15, 0.2) is 0 Å². The molecule has 0 aromatic heterocycles. The van der Waals surface area contributed by atoms with E-state index in [0.717, 1.165) is 4.90 Å². The molecule has 0 fully saturated rings. The van der Waals surface area contributed by atoms with Crippen LogP contribution in [0.1, 0.15) is 20.8 Å². The molecule has 94 valence electrons. The molecule has 0 unspecified atom stereocenters. The number of ether oxygens (including phenoxy) is 1. The number of amides is 1. The normalized spacial score (nSPS) is 11.1. The molecule has 0 aliphatic carbocycles. The molecule has 0 aliphatic heterocycles. The smallest absolute Gasteiger partial charge is 0.412 e. The number of nitrogens with one attached hydrogen (secondary N) is 1. The second-order valence-electron chi connectivity index (χ2n) is 4.47. The van der Waals surface area contributed by atoms with Crippen molar-refractivity contribution in [1.82, 2.24) is 0 Å². The summed E-state index contributed by atoms with van der Waals surface area (Å²) in [6, 6.07) is 4.63. The van der Waals surface area contributed by atoms with Crippen molar-refractivity contribution in [3.63, 3.8) is 0 Å². The van der Waals surface area contributed by atoms with Crippen LogP contribution in [0.25, 0.3) is 0 Å². The Bertz CT molecular complexity index is 415. The van der Waals surface area contributed by atoms with Gasteiger partial charge in [0.1, 0.15) is 11.4 Å². The monoisotopic (exact) mass is 257 g/mol. The first kappa shape index (κ1) is 13.8. The van der Waals surface area contributed by atoms with E-state index >= 15 is 0 Å². The fraction of sp³-hybridized carbons (Fsp3) is 0.417. The average Bonchev–Trinajstić information content (AvgIpc) is 2.18. The molecule has 0 saturated carbocycles. The van der Waals surface area contributed by atoms with Gasteiger partial charge in [0, 0.05) is 4.90 Å². The highest BCUT2D eigenvalue weighted by atomic mass is 32.2. The second kappa shape index (κ2) is 5.40. The van der Waals surface area contributed by atoms with E-state index in [2.05, 4.69) is 5.32 Å². The summed E-state index contributed by atoms with van der Waals surface area (Å²) in [5.74, 6) is -0.470. The summed E-state index contributed by atoms with van der Waals surface area (Å²) in [5.41, 5.74) is -0.475. The number of carbonyl (C=O) groups excluding carboxylic acids is 1. The van der Waals surface area contributed by atoms with E-state index in [-0.39, 0.29) is 5.69 Å². The number of benzene rings is 1. The summed E-state index contributed by atoms with van der Waals surface area (Å²) < 4.78 is 18.6. The third-order valence-corrected chi connectivity index (χ3v) is 2.54. The number of hydrogen-bond donors (Lipinski definition) is 1. The van der Waals surface area contributed by atoms with Crippen LogP contribution in [-0.2, 0) is 4.74 Å². The molecule has 0 saturated heterocycles. The number of hydrogen-bond acceptors (Lipinski definition) is 3. The van der Waals surface area contributed by atoms with Gasteiger partial charge in [-0.15, -0.1) is 11.8 Å². The molecule has 0 heterocycles. The summed E-state index contributed by atoms with van der Waals surface area (Å²) in [6.07, 6.45) is 1.20. The van der Waals surface area contributed by atoms with Crippen molar-refractivity contribution in [3.8, 4) is 0 Å². The molecular weight excluding hydrogens is 241 g/mol. The predicted molar refractivity (Wildman–Crippen MR) is 68.0 cm³/mol. The van der Waals surface area contributed by atoms with Crippen molar-refractivity contribution in [2.24, 2.45) is 0 Å². The maximum atomic E-state index is 13.5. The molecule has 0 bridgehead atoms. The van der Waals surface area contributed by atoms with Crippen molar-refractivity contribution < 1.29 is 13.9 Å². The Kier molecular flexibility index (Phi) is 4.40. The molecule has 0 aliphatic rings. The van der Waals surface area contributed by atoms with E-state index in [0.29, 0.717) is 0 Å². The van der Waals surface area contributed by atoms with Gasteiger partial charge in [-0.25, -0.2) is 9.18 Å². The van der Waals surface area contributed by atoms with E-state index in [9.17, 15) is 9.18 Å². The van der Waals surface area contributed by atoms with Crippen LogP contribution in [0.2, 0.25) is 0 Å². The molecule has 0 spiro atoms. The highest BCUT2D eigenvalue weighted by Crippen LogP contribution is 2.22. The lowest BCUT2D eigenvalue weighted by Crippen LogP contribution is -2.27. The number of halogens is 1. The molecular formula is C12H16FNO2S. The van der Waals surface area contributed by atoms with Crippen molar-refractivity contribution >= 4 is 23.5 Å². The minimum atomic E-state index is -0.659. The van der Waals surface area contributed by atoms with Gasteiger partial charge in [-0.2, -0.15) is 0 Å². The lowest BCUT2D eigenvalue weighted by molar-refractivity contribution is 0.0635. The van der Waals surface area contributed by atoms with E-state index in [1.807, 2.05) is 6.26 Å². The van der Waals surface area contributed by atoms with Crippen LogP contribution >= 0.6 is 11.8 Å².